The largest absolute Gasteiger partial charge is 0.454 e. The van der Waals surface area contributed by atoms with Crippen molar-refractivity contribution in [2.75, 3.05) is 0 Å². The highest BCUT2D eigenvalue weighted by atomic mass is 79.9. The molecule has 3 heteroatoms. The Labute approximate surface area is 126 Å². The van der Waals surface area contributed by atoms with Crippen molar-refractivity contribution >= 4 is 21.9 Å². The highest BCUT2D eigenvalue weighted by Crippen LogP contribution is 2.53. The van der Waals surface area contributed by atoms with E-state index in [1.54, 1.807) is 12.1 Å². The van der Waals surface area contributed by atoms with Crippen LogP contribution in [-0.4, -0.2) is 12.1 Å². The fourth-order valence-corrected chi connectivity index (χ4v) is 4.16. The first-order chi connectivity index (χ1) is 9.72. The van der Waals surface area contributed by atoms with E-state index in [1.165, 1.54) is 6.42 Å². The highest BCUT2D eigenvalue weighted by molar-refractivity contribution is 9.10. The average Bonchev–Trinajstić information content (AvgIpc) is 3.13. The Hall–Kier alpha value is -1.35. The molecule has 0 radical (unpaired) electrons. The van der Waals surface area contributed by atoms with E-state index in [9.17, 15) is 4.79 Å². The molecule has 1 aromatic rings. The summed E-state index contributed by atoms with van der Waals surface area (Å²) in [6.45, 7) is 0. The second-order valence-electron chi connectivity index (χ2n) is 5.86. The SMILES string of the molecule is O=C(O[C@@H]1C=C[C@H]2[C@@H]1[C@H]1C=C[C@@H]2C1)c1ccc(Br)cc1. The molecule has 3 aliphatic carbocycles. The lowest BCUT2D eigenvalue weighted by Gasteiger charge is -2.26. The first-order valence-electron chi connectivity index (χ1n) is 7.05. The van der Waals surface area contributed by atoms with Crippen LogP contribution in [0.1, 0.15) is 16.8 Å². The van der Waals surface area contributed by atoms with Crippen molar-refractivity contribution in [1.29, 1.82) is 0 Å². The molecule has 1 fully saturated rings. The maximum absolute atomic E-state index is 12.2. The van der Waals surface area contributed by atoms with Gasteiger partial charge in [0.05, 0.1) is 5.56 Å². The zero-order chi connectivity index (χ0) is 13.7. The molecule has 0 aromatic heterocycles. The number of fused-ring (bicyclic) bond motifs is 5. The van der Waals surface area contributed by atoms with E-state index in [4.69, 9.17) is 4.74 Å². The van der Waals surface area contributed by atoms with Crippen LogP contribution in [0.4, 0.5) is 0 Å². The summed E-state index contributed by atoms with van der Waals surface area (Å²) in [7, 11) is 0. The maximum atomic E-state index is 12.2. The molecule has 0 saturated heterocycles. The molecule has 0 heterocycles. The van der Waals surface area contributed by atoms with Crippen molar-refractivity contribution in [3.63, 3.8) is 0 Å². The van der Waals surface area contributed by atoms with Gasteiger partial charge in [0.25, 0.3) is 0 Å². The van der Waals surface area contributed by atoms with Gasteiger partial charge in [-0.15, -0.1) is 0 Å². The van der Waals surface area contributed by atoms with Crippen molar-refractivity contribution in [2.45, 2.75) is 12.5 Å². The Morgan fingerprint density at radius 1 is 1.05 bits per heavy atom. The van der Waals surface area contributed by atoms with Crippen LogP contribution < -0.4 is 0 Å². The van der Waals surface area contributed by atoms with Crippen LogP contribution in [0.15, 0.2) is 53.0 Å². The number of allylic oxidation sites excluding steroid dienone is 3. The molecule has 102 valence electrons. The van der Waals surface area contributed by atoms with Crippen LogP contribution in [0, 0.1) is 23.7 Å². The Morgan fingerprint density at radius 2 is 1.80 bits per heavy atom. The summed E-state index contributed by atoms with van der Waals surface area (Å²) in [5.74, 6) is 2.07. The first-order valence-corrected chi connectivity index (χ1v) is 7.85. The van der Waals surface area contributed by atoms with E-state index in [2.05, 4.69) is 40.2 Å². The zero-order valence-electron chi connectivity index (χ0n) is 10.9. The summed E-state index contributed by atoms with van der Waals surface area (Å²) < 4.78 is 6.69. The number of ether oxygens (including phenoxy) is 1. The van der Waals surface area contributed by atoms with Gasteiger partial charge in [0.15, 0.2) is 0 Å². The Bertz CT molecular complexity index is 602. The molecular formula is C17H15BrO2. The predicted molar refractivity (Wildman–Crippen MR) is 80.2 cm³/mol. The smallest absolute Gasteiger partial charge is 0.338 e. The summed E-state index contributed by atoms with van der Waals surface area (Å²) >= 11 is 3.37. The van der Waals surface area contributed by atoms with Crippen LogP contribution in [0.2, 0.25) is 0 Å². The molecule has 0 amide bonds. The van der Waals surface area contributed by atoms with Gasteiger partial charge in [-0.25, -0.2) is 4.79 Å². The minimum Gasteiger partial charge on any atom is -0.454 e. The lowest BCUT2D eigenvalue weighted by molar-refractivity contribution is 0.0240. The number of halogens is 1. The fourth-order valence-electron chi connectivity index (χ4n) is 3.89. The number of carbonyl (C=O) groups excluding carboxylic acids is 1. The van der Waals surface area contributed by atoms with E-state index in [0.29, 0.717) is 29.2 Å². The van der Waals surface area contributed by atoms with Gasteiger partial charge in [0.2, 0.25) is 0 Å². The lowest BCUT2D eigenvalue weighted by atomic mass is 9.84. The van der Waals surface area contributed by atoms with Gasteiger partial charge in [-0.3, -0.25) is 0 Å². The second-order valence-corrected chi connectivity index (χ2v) is 6.78. The van der Waals surface area contributed by atoms with Crippen molar-refractivity contribution in [2.24, 2.45) is 23.7 Å². The Morgan fingerprint density at radius 3 is 2.60 bits per heavy atom. The third-order valence-corrected chi connectivity index (χ3v) is 5.34. The van der Waals surface area contributed by atoms with Crippen molar-refractivity contribution in [3.05, 3.63) is 58.6 Å². The molecule has 0 N–H and O–H groups in total. The van der Waals surface area contributed by atoms with Gasteiger partial charge in [0.1, 0.15) is 6.10 Å². The molecule has 0 unspecified atom stereocenters. The minimum atomic E-state index is -0.223. The molecule has 1 aromatic carbocycles. The normalized spacial score (nSPS) is 36.4. The van der Waals surface area contributed by atoms with Crippen molar-refractivity contribution < 1.29 is 9.53 Å². The van der Waals surface area contributed by atoms with E-state index in [-0.39, 0.29) is 12.1 Å². The van der Waals surface area contributed by atoms with Crippen molar-refractivity contribution in [3.8, 4) is 0 Å². The monoisotopic (exact) mass is 330 g/mol. The number of esters is 1. The van der Waals surface area contributed by atoms with Gasteiger partial charge < -0.3 is 4.74 Å². The quantitative estimate of drug-likeness (QED) is 0.605. The molecule has 2 bridgehead atoms. The van der Waals surface area contributed by atoms with Gasteiger partial charge in [0, 0.05) is 10.4 Å². The van der Waals surface area contributed by atoms with Gasteiger partial charge in [-0.05, 0) is 54.5 Å². The van der Waals surface area contributed by atoms with Crippen LogP contribution >= 0.6 is 15.9 Å². The maximum Gasteiger partial charge on any atom is 0.338 e. The van der Waals surface area contributed by atoms with Crippen molar-refractivity contribution in [1.82, 2.24) is 0 Å². The Kier molecular flexibility index (Phi) is 2.84. The van der Waals surface area contributed by atoms with E-state index in [0.717, 1.165) is 4.47 Å². The topological polar surface area (TPSA) is 26.3 Å². The van der Waals surface area contributed by atoms with Crippen LogP contribution in [-0.2, 0) is 4.74 Å². The van der Waals surface area contributed by atoms with Crippen LogP contribution in [0.3, 0.4) is 0 Å². The molecule has 2 nitrogen and oxygen atoms in total. The molecule has 4 rings (SSSR count). The molecule has 20 heavy (non-hydrogen) atoms. The second kappa shape index (κ2) is 4.59. The van der Waals surface area contributed by atoms with E-state index < -0.39 is 0 Å². The number of rotatable bonds is 2. The predicted octanol–water partition coefficient (Wildman–Crippen LogP) is 3.98. The van der Waals surface area contributed by atoms with Crippen LogP contribution in [0.25, 0.3) is 0 Å². The van der Waals surface area contributed by atoms with Gasteiger partial charge in [-0.1, -0.05) is 34.2 Å². The van der Waals surface area contributed by atoms with Gasteiger partial charge in [-0.2, -0.15) is 0 Å². The molecule has 0 aliphatic heterocycles. The third kappa shape index (κ3) is 1.87. The summed E-state index contributed by atoms with van der Waals surface area (Å²) in [4.78, 5) is 12.2. The number of benzene rings is 1. The third-order valence-electron chi connectivity index (χ3n) is 4.81. The Balaban J connectivity index is 1.50. The number of hydrogen-bond donors (Lipinski definition) is 0. The highest BCUT2D eigenvalue weighted by Gasteiger charge is 2.50. The summed E-state index contributed by atoms with van der Waals surface area (Å²) in [6, 6.07) is 7.32. The number of hydrogen-bond acceptors (Lipinski definition) is 2. The van der Waals surface area contributed by atoms with E-state index >= 15 is 0 Å². The fraction of sp³-hybridized carbons (Fsp3) is 0.353. The molecule has 1 saturated carbocycles. The zero-order valence-corrected chi connectivity index (χ0v) is 12.5. The van der Waals surface area contributed by atoms with Crippen LogP contribution in [0.5, 0.6) is 0 Å². The average molecular weight is 331 g/mol. The number of carbonyl (C=O) groups is 1. The summed E-state index contributed by atoms with van der Waals surface area (Å²) in [5.41, 5.74) is 0.615. The van der Waals surface area contributed by atoms with Gasteiger partial charge >= 0.3 is 5.97 Å². The molecule has 5 atom stereocenters. The molecular weight excluding hydrogens is 316 g/mol. The minimum absolute atomic E-state index is 0.0592. The van der Waals surface area contributed by atoms with E-state index in [1.807, 2.05) is 12.1 Å². The lowest BCUT2D eigenvalue weighted by Crippen LogP contribution is -2.28. The molecule has 3 aliphatic rings. The summed E-state index contributed by atoms with van der Waals surface area (Å²) in [5, 5.41) is 0. The molecule has 0 spiro atoms. The first kappa shape index (κ1) is 12.4. The summed E-state index contributed by atoms with van der Waals surface area (Å²) in [6.07, 6.45) is 10.1. The standard InChI is InChI=1S/C17H15BrO2/c18-13-5-3-10(4-6-13)17(19)20-15-8-7-14-11-1-2-12(9-11)16(14)15/h1-8,11-12,14-16H,9H2/t11-,12+,14-,15-,16+/m1/s1.